The molecular formula is C25H30ClF3N4O3. The molecule has 1 unspecified atom stereocenters. The van der Waals surface area contributed by atoms with Crippen molar-refractivity contribution in [2.24, 2.45) is 7.05 Å². The molecule has 3 aromatic rings. The summed E-state index contributed by atoms with van der Waals surface area (Å²) < 4.78 is 39.5. The lowest BCUT2D eigenvalue weighted by molar-refractivity contribution is -0.192. The van der Waals surface area contributed by atoms with Crippen molar-refractivity contribution in [1.29, 1.82) is 0 Å². The van der Waals surface area contributed by atoms with Crippen LogP contribution in [0.25, 0.3) is 0 Å². The molecule has 0 saturated heterocycles. The minimum Gasteiger partial charge on any atom is -0.475 e. The van der Waals surface area contributed by atoms with Crippen molar-refractivity contribution >= 4 is 29.1 Å². The lowest BCUT2D eigenvalue weighted by Gasteiger charge is -2.30. The molecule has 0 saturated carbocycles. The Bertz CT molecular complexity index is 1170. The molecule has 1 aliphatic rings. The van der Waals surface area contributed by atoms with Gasteiger partial charge in [-0.15, -0.1) is 0 Å². The van der Waals surface area contributed by atoms with Crippen LogP contribution >= 0.6 is 11.6 Å². The van der Waals surface area contributed by atoms with Gasteiger partial charge in [0.2, 0.25) is 0 Å². The van der Waals surface area contributed by atoms with E-state index in [0.29, 0.717) is 0 Å². The van der Waals surface area contributed by atoms with E-state index >= 15 is 0 Å². The molecule has 3 heterocycles. The van der Waals surface area contributed by atoms with Gasteiger partial charge in [-0.3, -0.25) is 4.68 Å². The molecular weight excluding hydrogens is 497 g/mol. The number of benzene rings is 1. The number of halogens is 4. The summed E-state index contributed by atoms with van der Waals surface area (Å²) in [5.41, 5.74) is 5.88. The van der Waals surface area contributed by atoms with Crippen LogP contribution in [-0.2, 0) is 18.3 Å². The summed E-state index contributed by atoms with van der Waals surface area (Å²) in [6.07, 6.45) is -0.224. The van der Waals surface area contributed by atoms with Gasteiger partial charge in [0.05, 0.1) is 22.7 Å². The molecule has 0 amide bonds. The summed E-state index contributed by atoms with van der Waals surface area (Å²) in [7, 11) is 2.03. The minimum atomic E-state index is -5.08. The van der Waals surface area contributed by atoms with Crippen LogP contribution in [0.2, 0.25) is 5.02 Å². The number of alkyl halides is 3. The molecule has 36 heavy (non-hydrogen) atoms. The Hall–Kier alpha value is -2.98. The fourth-order valence-electron chi connectivity index (χ4n) is 4.45. The largest absolute Gasteiger partial charge is 0.490 e. The molecule has 2 N–H and O–H groups in total. The number of fused-ring (bicyclic) bond motifs is 1. The number of rotatable bonds is 6. The lowest BCUT2D eigenvalue weighted by Crippen LogP contribution is -2.28. The number of nitrogens with zero attached hydrogens (tertiary/aromatic N) is 3. The molecule has 1 aliphatic heterocycles. The summed E-state index contributed by atoms with van der Waals surface area (Å²) >= 11 is 6.69. The van der Waals surface area contributed by atoms with E-state index in [1.165, 1.54) is 22.4 Å². The van der Waals surface area contributed by atoms with Crippen LogP contribution in [0.5, 0.6) is 0 Å². The van der Waals surface area contributed by atoms with Gasteiger partial charge in [-0.25, -0.2) is 4.79 Å². The van der Waals surface area contributed by atoms with Crippen molar-refractivity contribution in [1.82, 2.24) is 15.1 Å². The fraction of sp³-hybridized carbons (Fsp3) is 0.440. The number of furan rings is 1. The Labute approximate surface area is 212 Å². The van der Waals surface area contributed by atoms with Gasteiger partial charge in [-0.2, -0.15) is 18.3 Å². The number of carboxylic acids is 1. The standard InChI is InChI=1S/C23H29ClN4O.C2HF3O2/c1-5-10-25-20(19-9-7-12-29-19)22-17-8-6-11-28(23(17)26-27(22)4)21-16(3)13-15(2)14-18(21)24;3-2(4,5)1(6)7/h7,9,12-14,20,25H,5-6,8,10-11H2,1-4H3;(H,6,7). The number of carbonyl (C=O) groups is 1. The predicted octanol–water partition coefficient (Wildman–Crippen LogP) is 6.09. The zero-order chi connectivity index (χ0) is 26.6. The highest BCUT2D eigenvalue weighted by Crippen LogP contribution is 2.42. The predicted molar refractivity (Wildman–Crippen MR) is 132 cm³/mol. The third-order valence-electron chi connectivity index (χ3n) is 5.85. The topological polar surface area (TPSA) is 83.5 Å². The highest BCUT2D eigenvalue weighted by atomic mass is 35.5. The van der Waals surface area contributed by atoms with Crippen LogP contribution in [0, 0.1) is 13.8 Å². The normalized spacial score (nSPS) is 14.2. The summed E-state index contributed by atoms with van der Waals surface area (Å²) in [5.74, 6) is -0.823. The van der Waals surface area contributed by atoms with Crippen molar-refractivity contribution in [2.45, 2.75) is 52.3 Å². The average Bonchev–Trinajstić information content (AvgIpc) is 3.42. The van der Waals surface area contributed by atoms with Gasteiger partial charge >= 0.3 is 12.1 Å². The van der Waals surface area contributed by atoms with Gasteiger partial charge < -0.3 is 19.7 Å². The second-order valence-electron chi connectivity index (χ2n) is 8.68. The first-order chi connectivity index (χ1) is 17.0. The molecule has 11 heteroatoms. The van der Waals surface area contributed by atoms with Crippen molar-refractivity contribution in [3.63, 3.8) is 0 Å². The number of nitrogens with one attached hydrogen (secondary N) is 1. The van der Waals surface area contributed by atoms with E-state index in [1.54, 1.807) is 6.26 Å². The van der Waals surface area contributed by atoms with E-state index in [1.807, 2.05) is 29.9 Å². The Kier molecular flexibility index (Phi) is 8.73. The number of anilines is 2. The third kappa shape index (κ3) is 6.04. The van der Waals surface area contributed by atoms with Crippen molar-refractivity contribution in [3.8, 4) is 0 Å². The maximum absolute atomic E-state index is 10.6. The fourth-order valence-corrected chi connectivity index (χ4v) is 4.87. The van der Waals surface area contributed by atoms with E-state index in [0.717, 1.165) is 54.6 Å². The minimum absolute atomic E-state index is 0.0132. The van der Waals surface area contributed by atoms with Crippen LogP contribution in [0.3, 0.4) is 0 Å². The van der Waals surface area contributed by atoms with E-state index in [2.05, 4.69) is 37.1 Å². The molecule has 0 fully saturated rings. The zero-order valence-corrected chi connectivity index (χ0v) is 21.4. The van der Waals surface area contributed by atoms with E-state index < -0.39 is 12.1 Å². The smallest absolute Gasteiger partial charge is 0.475 e. The van der Waals surface area contributed by atoms with Crippen molar-refractivity contribution in [2.75, 3.05) is 18.0 Å². The number of aliphatic carboxylic acids is 1. The Balaban J connectivity index is 0.000000454. The Morgan fingerprint density at radius 3 is 2.58 bits per heavy atom. The second kappa shape index (κ2) is 11.4. The van der Waals surface area contributed by atoms with Gasteiger partial charge in [0.1, 0.15) is 11.8 Å². The van der Waals surface area contributed by atoms with Gasteiger partial charge in [0, 0.05) is 19.2 Å². The van der Waals surface area contributed by atoms with E-state index in [4.69, 9.17) is 31.0 Å². The third-order valence-corrected chi connectivity index (χ3v) is 6.14. The molecule has 7 nitrogen and oxygen atoms in total. The van der Waals surface area contributed by atoms with Crippen LogP contribution < -0.4 is 10.2 Å². The maximum Gasteiger partial charge on any atom is 0.490 e. The zero-order valence-electron chi connectivity index (χ0n) is 20.6. The van der Waals surface area contributed by atoms with Crippen molar-refractivity contribution < 1.29 is 27.5 Å². The second-order valence-corrected chi connectivity index (χ2v) is 9.09. The van der Waals surface area contributed by atoms with Crippen LogP contribution in [0.1, 0.15) is 54.0 Å². The lowest BCUT2D eigenvalue weighted by atomic mass is 9.98. The van der Waals surface area contributed by atoms with E-state index in [-0.39, 0.29) is 6.04 Å². The molecule has 0 spiro atoms. The summed E-state index contributed by atoms with van der Waals surface area (Å²) in [5, 5.41) is 16.5. The number of hydrogen-bond donors (Lipinski definition) is 2. The first-order valence-electron chi connectivity index (χ1n) is 11.6. The monoisotopic (exact) mass is 526 g/mol. The summed E-state index contributed by atoms with van der Waals surface area (Å²) in [4.78, 5) is 11.2. The molecule has 196 valence electrons. The molecule has 1 aromatic carbocycles. The van der Waals surface area contributed by atoms with Crippen LogP contribution in [0.15, 0.2) is 34.9 Å². The quantitative estimate of drug-likeness (QED) is 0.404. The molecule has 2 aromatic heterocycles. The number of aryl methyl sites for hydroxylation is 3. The number of carboxylic acid groups (broad SMARTS) is 1. The Morgan fingerprint density at radius 1 is 1.33 bits per heavy atom. The molecule has 0 aliphatic carbocycles. The first-order valence-corrected chi connectivity index (χ1v) is 12.0. The highest BCUT2D eigenvalue weighted by Gasteiger charge is 2.38. The van der Waals surface area contributed by atoms with Gasteiger partial charge in [-0.05, 0) is 69.0 Å². The molecule has 1 atom stereocenters. The molecule has 0 radical (unpaired) electrons. The van der Waals surface area contributed by atoms with E-state index in [9.17, 15) is 13.2 Å². The molecule has 0 bridgehead atoms. The molecule has 4 rings (SSSR count). The summed E-state index contributed by atoms with van der Waals surface area (Å²) in [6.45, 7) is 8.21. The number of aromatic nitrogens is 2. The van der Waals surface area contributed by atoms with Gasteiger partial charge in [0.15, 0.2) is 5.82 Å². The average molecular weight is 527 g/mol. The van der Waals surface area contributed by atoms with Gasteiger partial charge in [-0.1, -0.05) is 24.6 Å². The first kappa shape index (κ1) is 27.6. The summed E-state index contributed by atoms with van der Waals surface area (Å²) in [6, 6.07) is 8.19. The van der Waals surface area contributed by atoms with Crippen LogP contribution in [-0.4, -0.2) is 40.1 Å². The van der Waals surface area contributed by atoms with Gasteiger partial charge in [0.25, 0.3) is 0 Å². The SMILES string of the molecule is CCCNC(c1ccco1)c1c2c(nn1C)N(c1c(C)cc(C)cc1Cl)CCC2.O=C(O)C(F)(F)F. The number of hydrogen-bond acceptors (Lipinski definition) is 5. The van der Waals surface area contributed by atoms with Crippen molar-refractivity contribution in [3.05, 3.63) is 63.7 Å². The maximum atomic E-state index is 10.6. The highest BCUT2D eigenvalue weighted by molar-refractivity contribution is 6.33. The Morgan fingerprint density at radius 2 is 2.03 bits per heavy atom. The van der Waals surface area contributed by atoms with Crippen LogP contribution in [0.4, 0.5) is 24.7 Å².